The number of amides is 1. The number of thioether (sulfide) groups is 1. The molecule has 0 saturated heterocycles. The van der Waals surface area contributed by atoms with E-state index in [4.69, 9.17) is 9.47 Å². The number of nitrogens with zero attached hydrogens (tertiary/aromatic N) is 3. The molecule has 1 N–H and O–H groups in total. The fourth-order valence-corrected chi connectivity index (χ4v) is 3.62. The minimum absolute atomic E-state index is 0.0206. The van der Waals surface area contributed by atoms with Crippen LogP contribution in [-0.2, 0) is 4.79 Å². The summed E-state index contributed by atoms with van der Waals surface area (Å²) in [6.07, 6.45) is 3.14. The third-order valence-corrected chi connectivity index (χ3v) is 5.33. The van der Waals surface area contributed by atoms with Gasteiger partial charge in [0.05, 0.1) is 17.5 Å². The molecule has 144 valence electrons. The summed E-state index contributed by atoms with van der Waals surface area (Å²) in [5.74, 6) is 1.80. The molecule has 0 radical (unpaired) electrons. The highest BCUT2D eigenvalue weighted by Gasteiger charge is 2.14. The van der Waals surface area contributed by atoms with Gasteiger partial charge in [0.1, 0.15) is 25.9 Å². The molecule has 1 aliphatic heterocycles. The minimum Gasteiger partial charge on any atom is -0.486 e. The number of nitrogens with one attached hydrogen (secondary N) is 1. The Morgan fingerprint density at radius 3 is 2.71 bits per heavy atom. The molecule has 2 aromatic carbocycles. The van der Waals surface area contributed by atoms with E-state index < -0.39 is 0 Å². The lowest BCUT2D eigenvalue weighted by Gasteiger charge is -2.19. The Kier molecular flexibility index (Phi) is 5.48. The van der Waals surface area contributed by atoms with Crippen LogP contribution < -0.4 is 14.8 Å². The maximum atomic E-state index is 12.3. The zero-order valence-corrected chi connectivity index (χ0v) is 16.2. The summed E-state index contributed by atoms with van der Waals surface area (Å²) in [6.45, 7) is 3.09. The molecule has 0 spiro atoms. The molecule has 1 amide bonds. The molecule has 1 aromatic heterocycles. The molecule has 0 aliphatic carbocycles. The predicted molar refractivity (Wildman–Crippen MR) is 106 cm³/mol. The van der Waals surface area contributed by atoms with Crippen molar-refractivity contribution in [2.24, 2.45) is 0 Å². The van der Waals surface area contributed by atoms with E-state index in [9.17, 15) is 4.79 Å². The van der Waals surface area contributed by atoms with Gasteiger partial charge in [0.15, 0.2) is 11.5 Å². The van der Waals surface area contributed by atoms with Gasteiger partial charge in [-0.1, -0.05) is 12.1 Å². The van der Waals surface area contributed by atoms with E-state index in [1.807, 2.05) is 49.4 Å². The molecule has 2 heterocycles. The monoisotopic (exact) mass is 396 g/mol. The third-order valence-electron chi connectivity index (χ3n) is 4.34. The van der Waals surface area contributed by atoms with Crippen molar-refractivity contribution in [3.8, 4) is 17.2 Å². The van der Waals surface area contributed by atoms with Crippen LogP contribution in [-0.4, -0.2) is 39.6 Å². The number of carbonyl (C=O) groups excluding carboxylic acids is 1. The molecule has 28 heavy (non-hydrogen) atoms. The zero-order chi connectivity index (χ0) is 19.3. The Hall–Kier alpha value is -3.00. The van der Waals surface area contributed by atoms with Crippen LogP contribution in [0.1, 0.15) is 18.5 Å². The fourth-order valence-electron chi connectivity index (χ4n) is 2.89. The van der Waals surface area contributed by atoms with Crippen LogP contribution in [0.15, 0.2) is 60.0 Å². The molecule has 4 rings (SSSR count). The molecule has 8 heteroatoms. The van der Waals surface area contributed by atoms with Crippen LogP contribution in [0.25, 0.3) is 5.69 Å². The van der Waals surface area contributed by atoms with Crippen LogP contribution in [0.2, 0.25) is 0 Å². The van der Waals surface area contributed by atoms with Crippen molar-refractivity contribution >= 4 is 17.7 Å². The summed E-state index contributed by atoms with van der Waals surface area (Å²) in [4.78, 5) is 17.3. The number of ether oxygens (including phenoxy) is 2. The first-order chi connectivity index (χ1) is 13.7. The van der Waals surface area contributed by atoms with Gasteiger partial charge in [-0.2, -0.15) is 5.10 Å². The normalized spacial score (nSPS) is 13.8. The molecule has 1 unspecified atom stereocenters. The topological polar surface area (TPSA) is 78.3 Å². The van der Waals surface area contributed by atoms with Gasteiger partial charge in [0.2, 0.25) is 5.91 Å². The van der Waals surface area contributed by atoms with Crippen molar-refractivity contribution < 1.29 is 14.3 Å². The van der Waals surface area contributed by atoms with Gasteiger partial charge < -0.3 is 14.8 Å². The summed E-state index contributed by atoms with van der Waals surface area (Å²) in [6, 6.07) is 13.5. The summed E-state index contributed by atoms with van der Waals surface area (Å²) < 4.78 is 12.8. The number of fused-ring (bicyclic) bond motifs is 1. The quantitative estimate of drug-likeness (QED) is 0.646. The average molecular weight is 396 g/mol. The second-order valence-corrected chi connectivity index (χ2v) is 7.36. The largest absolute Gasteiger partial charge is 0.486 e. The van der Waals surface area contributed by atoms with Crippen LogP contribution in [0, 0.1) is 0 Å². The number of rotatable bonds is 6. The summed E-state index contributed by atoms with van der Waals surface area (Å²) >= 11 is 1.47. The van der Waals surface area contributed by atoms with Gasteiger partial charge in [0.25, 0.3) is 0 Å². The molecule has 0 fully saturated rings. The summed E-state index contributed by atoms with van der Waals surface area (Å²) in [5, 5.41) is 7.14. The second kappa shape index (κ2) is 8.35. The van der Waals surface area contributed by atoms with E-state index in [1.165, 1.54) is 18.1 Å². The summed E-state index contributed by atoms with van der Waals surface area (Å²) in [7, 11) is 0. The molecule has 1 aliphatic rings. The fraction of sp³-hybridized carbons (Fsp3) is 0.250. The van der Waals surface area contributed by atoms with Gasteiger partial charge >= 0.3 is 0 Å². The Morgan fingerprint density at radius 2 is 1.96 bits per heavy atom. The van der Waals surface area contributed by atoms with Crippen LogP contribution in [0.3, 0.4) is 0 Å². The SMILES string of the molecule is CC(NC(=O)CSc1ccc2c(c1)OCCO2)c1ccc(-n2cncn2)cc1. The van der Waals surface area contributed by atoms with Crippen LogP contribution >= 0.6 is 11.8 Å². The highest BCUT2D eigenvalue weighted by molar-refractivity contribution is 8.00. The number of aromatic nitrogens is 3. The Morgan fingerprint density at radius 1 is 1.18 bits per heavy atom. The average Bonchev–Trinajstić information content (AvgIpc) is 3.27. The molecular weight excluding hydrogens is 376 g/mol. The van der Waals surface area contributed by atoms with Crippen molar-refractivity contribution in [2.75, 3.05) is 19.0 Å². The van der Waals surface area contributed by atoms with E-state index in [0.29, 0.717) is 19.0 Å². The first kappa shape index (κ1) is 18.4. The Balaban J connectivity index is 1.31. The number of hydrogen-bond acceptors (Lipinski definition) is 6. The number of benzene rings is 2. The predicted octanol–water partition coefficient (Wildman–Crippen LogP) is 3.01. The second-order valence-electron chi connectivity index (χ2n) is 6.31. The summed E-state index contributed by atoms with van der Waals surface area (Å²) in [5.41, 5.74) is 1.95. The lowest BCUT2D eigenvalue weighted by atomic mass is 10.1. The molecular formula is C20H20N4O3S. The standard InChI is InChI=1S/C20H20N4O3S/c1-14(15-2-4-16(5-3-15)24-13-21-12-22-24)23-20(25)11-28-17-6-7-18-19(10-17)27-9-8-26-18/h2-7,10,12-14H,8-9,11H2,1H3,(H,23,25). The van der Waals surface area contributed by atoms with E-state index in [2.05, 4.69) is 15.4 Å². The molecule has 3 aromatic rings. The molecule has 7 nitrogen and oxygen atoms in total. The number of carbonyl (C=O) groups is 1. The smallest absolute Gasteiger partial charge is 0.230 e. The highest BCUT2D eigenvalue weighted by Crippen LogP contribution is 2.34. The number of hydrogen-bond donors (Lipinski definition) is 1. The van der Waals surface area contributed by atoms with Gasteiger partial charge in [-0.15, -0.1) is 11.8 Å². The van der Waals surface area contributed by atoms with Gasteiger partial charge in [0, 0.05) is 4.90 Å². The highest BCUT2D eigenvalue weighted by atomic mass is 32.2. The zero-order valence-electron chi connectivity index (χ0n) is 15.4. The van der Waals surface area contributed by atoms with Gasteiger partial charge in [-0.3, -0.25) is 4.79 Å². The lowest BCUT2D eigenvalue weighted by Crippen LogP contribution is -2.28. The molecule has 0 bridgehead atoms. The third kappa shape index (κ3) is 4.28. The van der Waals surface area contributed by atoms with Gasteiger partial charge in [-0.25, -0.2) is 9.67 Å². The van der Waals surface area contributed by atoms with Crippen molar-refractivity contribution in [3.63, 3.8) is 0 Å². The van der Waals surface area contributed by atoms with Gasteiger partial charge in [-0.05, 0) is 42.8 Å². The van der Waals surface area contributed by atoms with Crippen LogP contribution in [0.5, 0.6) is 11.5 Å². The van der Waals surface area contributed by atoms with Crippen molar-refractivity contribution in [3.05, 3.63) is 60.7 Å². The molecule has 0 saturated carbocycles. The van der Waals surface area contributed by atoms with E-state index in [0.717, 1.165) is 27.6 Å². The Bertz CT molecular complexity index is 945. The van der Waals surface area contributed by atoms with E-state index >= 15 is 0 Å². The first-order valence-electron chi connectivity index (χ1n) is 8.96. The van der Waals surface area contributed by atoms with Crippen molar-refractivity contribution in [1.82, 2.24) is 20.1 Å². The first-order valence-corrected chi connectivity index (χ1v) is 9.94. The van der Waals surface area contributed by atoms with E-state index in [1.54, 1.807) is 11.0 Å². The lowest BCUT2D eigenvalue weighted by molar-refractivity contribution is -0.119. The molecule has 1 atom stereocenters. The van der Waals surface area contributed by atoms with Crippen molar-refractivity contribution in [1.29, 1.82) is 0 Å². The van der Waals surface area contributed by atoms with E-state index in [-0.39, 0.29) is 11.9 Å². The maximum Gasteiger partial charge on any atom is 0.230 e. The van der Waals surface area contributed by atoms with Crippen molar-refractivity contribution in [2.45, 2.75) is 17.9 Å². The maximum absolute atomic E-state index is 12.3. The minimum atomic E-state index is -0.0850. The van der Waals surface area contributed by atoms with Crippen LogP contribution in [0.4, 0.5) is 0 Å². The Labute approximate surface area is 167 Å².